The van der Waals surface area contributed by atoms with Crippen molar-refractivity contribution in [1.82, 2.24) is 9.99 Å². The predicted octanol–water partition coefficient (Wildman–Crippen LogP) is 6.40. The molecule has 2 aromatic carbocycles. The summed E-state index contributed by atoms with van der Waals surface area (Å²) >= 11 is 13.8. The molecule has 0 unspecified atom stereocenters. The van der Waals surface area contributed by atoms with E-state index in [0.29, 0.717) is 15.8 Å². The van der Waals surface area contributed by atoms with Crippen LogP contribution in [0.1, 0.15) is 33.6 Å². The Morgan fingerprint density at radius 1 is 1.06 bits per heavy atom. The first-order chi connectivity index (χ1) is 14.8. The molecule has 0 bridgehead atoms. The van der Waals surface area contributed by atoms with Crippen molar-refractivity contribution in [3.8, 4) is 5.69 Å². The Morgan fingerprint density at radius 3 is 2.35 bits per heavy atom. The van der Waals surface area contributed by atoms with Crippen molar-refractivity contribution in [2.75, 3.05) is 5.75 Å². The molecule has 0 spiro atoms. The maximum Gasteiger partial charge on any atom is 0.250 e. The fourth-order valence-electron chi connectivity index (χ4n) is 3.52. The molecule has 0 aliphatic carbocycles. The first kappa shape index (κ1) is 23.5. The van der Waals surface area contributed by atoms with E-state index in [2.05, 4.69) is 67.1 Å². The second-order valence-electron chi connectivity index (χ2n) is 7.49. The van der Waals surface area contributed by atoms with Crippen LogP contribution in [-0.2, 0) is 10.5 Å². The number of hydrazone groups is 1. The summed E-state index contributed by atoms with van der Waals surface area (Å²) in [4.78, 5) is 12.1. The summed E-state index contributed by atoms with van der Waals surface area (Å²) in [5.74, 6) is 0.653. The van der Waals surface area contributed by atoms with Crippen LogP contribution >= 0.6 is 35.0 Å². The van der Waals surface area contributed by atoms with Crippen molar-refractivity contribution in [2.45, 2.75) is 33.4 Å². The van der Waals surface area contributed by atoms with E-state index in [1.165, 1.54) is 22.9 Å². The SMILES string of the molecule is Cc1cc(C)cc(-n2c(C)cc(/C=N\NC(=O)CSCc3c(Cl)cccc3Cl)c2C)c1. The summed E-state index contributed by atoms with van der Waals surface area (Å²) in [6.45, 7) is 8.31. The zero-order valence-electron chi connectivity index (χ0n) is 18.0. The lowest BCUT2D eigenvalue weighted by molar-refractivity contribution is -0.118. The van der Waals surface area contributed by atoms with E-state index in [9.17, 15) is 4.79 Å². The van der Waals surface area contributed by atoms with Gasteiger partial charge in [-0.05, 0) is 74.7 Å². The van der Waals surface area contributed by atoms with Crippen LogP contribution in [0.25, 0.3) is 5.69 Å². The van der Waals surface area contributed by atoms with Crippen LogP contribution in [0.3, 0.4) is 0 Å². The summed E-state index contributed by atoms with van der Waals surface area (Å²) in [6.07, 6.45) is 1.69. The van der Waals surface area contributed by atoms with E-state index in [1.54, 1.807) is 24.4 Å². The third kappa shape index (κ3) is 5.94. The molecular formula is C24H25Cl2N3OS. The van der Waals surface area contributed by atoms with E-state index in [1.807, 2.05) is 0 Å². The Morgan fingerprint density at radius 2 is 1.71 bits per heavy atom. The third-order valence-electron chi connectivity index (χ3n) is 4.87. The number of nitrogens with one attached hydrogen (secondary N) is 1. The average Bonchev–Trinajstić information content (AvgIpc) is 2.97. The van der Waals surface area contributed by atoms with E-state index >= 15 is 0 Å². The highest BCUT2D eigenvalue weighted by molar-refractivity contribution is 7.99. The van der Waals surface area contributed by atoms with Gasteiger partial charge in [-0.15, -0.1) is 11.8 Å². The second kappa shape index (κ2) is 10.4. The van der Waals surface area contributed by atoms with Crippen LogP contribution in [0.4, 0.5) is 0 Å². The Kier molecular flexibility index (Phi) is 7.87. The van der Waals surface area contributed by atoms with Crippen LogP contribution in [0.2, 0.25) is 10.0 Å². The van der Waals surface area contributed by atoms with Crippen molar-refractivity contribution in [1.29, 1.82) is 0 Å². The molecule has 31 heavy (non-hydrogen) atoms. The summed E-state index contributed by atoms with van der Waals surface area (Å²) < 4.78 is 2.20. The highest BCUT2D eigenvalue weighted by Crippen LogP contribution is 2.28. The Balaban J connectivity index is 1.60. The van der Waals surface area contributed by atoms with Crippen LogP contribution in [0.15, 0.2) is 47.6 Å². The Labute approximate surface area is 197 Å². The lowest BCUT2D eigenvalue weighted by Crippen LogP contribution is -2.19. The van der Waals surface area contributed by atoms with Crippen LogP contribution in [-0.4, -0.2) is 22.4 Å². The quantitative estimate of drug-likeness (QED) is 0.318. The molecular weight excluding hydrogens is 449 g/mol. The minimum absolute atomic E-state index is 0.174. The molecule has 1 aromatic heterocycles. The van der Waals surface area contributed by atoms with Crippen molar-refractivity contribution < 1.29 is 4.79 Å². The van der Waals surface area contributed by atoms with Gasteiger partial charge in [-0.3, -0.25) is 4.79 Å². The zero-order valence-corrected chi connectivity index (χ0v) is 20.3. The number of amides is 1. The van der Waals surface area contributed by atoms with E-state index in [4.69, 9.17) is 23.2 Å². The number of hydrogen-bond donors (Lipinski definition) is 1. The number of benzene rings is 2. The fraction of sp³-hybridized carbons (Fsp3) is 0.250. The molecule has 162 valence electrons. The first-order valence-corrected chi connectivity index (χ1v) is 11.8. The van der Waals surface area contributed by atoms with Gasteiger partial charge in [0.05, 0.1) is 12.0 Å². The van der Waals surface area contributed by atoms with E-state index in [0.717, 1.165) is 28.2 Å². The lowest BCUT2D eigenvalue weighted by atomic mass is 10.1. The van der Waals surface area contributed by atoms with Crippen molar-refractivity contribution in [3.05, 3.63) is 86.2 Å². The number of aryl methyl sites for hydroxylation is 3. The molecule has 7 heteroatoms. The van der Waals surface area contributed by atoms with Crippen LogP contribution in [0, 0.1) is 27.7 Å². The van der Waals surface area contributed by atoms with Gasteiger partial charge < -0.3 is 4.57 Å². The molecule has 3 aromatic rings. The van der Waals surface area contributed by atoms with Gasteiger partial charge in [0.25, 0.3) is 0 Å². The van der Waals surface area contributed by atoms with Gasteiger partial charge in [0.15, 0.2) is 0 Å². The lowest BCUT2D eigenvalue weighted by Gasteiger charge is -2.11. The molecule has 0 saturated heterocycles. The van der Waals surface area contributed by atoms with Gasteiger partial charge in [0.2, 0.25) is 5.91 Å². The number of hydrogen-bond acceptors (Lipinski definition) is 3. The maximum absolute atomic E-state index is 12.1. The van der Waals surface area contributed by atoms with E-state index in [-0.39, 0.29) is 11.7 Å². The molecule has 1 N–H and O–H groups in total. The smallest absolute Gasteiger partial charge is 0.250 e. The molecule has 1 heterocycles. The van der Waals surface area contributed by atoms with Gasteiger partial charge in [0.1, 0.15) is 0 Å². The van der Waals surface area contributed by atoms with Crippen molar-refractivity contribution in [2.24, 2.45) is 5.10 Å². The van der Waals surface area contributed by atoms with Gasteiger partial charge in [-0.25, -0.2) is 5.43 Å². The Bertz CT molecular complexity index is 1100. The van der Waals surface area contributed by atoms with Gasteiger partial charge in [-0.2, -0.15) is 5.10 Å². The van der Waals surface area contributed by atoms with Crippen molar-refractivity contribution in [3.63, 3.8) is 0 Å². The minimum atomic E-state index is -0.174. The highest BCUT2D eigenvalue weighted by atomic mass is 35.5. The van der Waals surface area contributed by atoms with Gasteiger partial charge >= 0.3 is 0 Å². The number of carbonyl (C=O) groups excluding carboxylic acids is 1. The molecule has 0 fully saturated rings. The predicted molar refractivity (Wildman–Crippen MR) is 133 cm³/mol. The monoisotopic (exact) mass is 473 g/mol. The maximum atomic E-state index is 12.1. The zero-order chi connectivity index (χ0) is 22.5. The molecule has 3 rings (SSSR count). The highest BCUT2D eigenvalue weighted by Gasteiger charge is 2.11. The van der Waals surface area contributed by atoms with Crippen LogP contribution in [0.5, 0.6) is 0 Å². The average molecular weight is 474 g/mol. The third-order valence-corrected chi connectivity index (χ3v) is 6.54. The second-order valence-corrected chi connectivity index (χ2v) is 9.29. The molecule has 0 aliphatic heterocycles. The number of thioether (sulfide) groups is 1. The molecule has 0 aliphatic rings. The molecule has 4 nitrogen and oxygen atoms in total. The number of nitrogens with zero attached hydrogens (tertiary/aromatic N) is 2. The number of carbonyl (C=O) groups is 1. The summed E-state index contributed by atoms with van der Waals surface area (Å²) in [5, 5.41) is 5.36. The summed E-state index contributed by atoms with van der Waals surface area (Å²) in [6, 6.07) is 13.9. The molecule has 0 radical (unpaired) electrons. The van der Waals surface area contributed by atoms with Crippen molar-refractivity contribution >= 4 is 47.1 Å². The topological polar surface area (TPSA) is 46.4 Å². The molecule has 0 saturated carbocycles. The van der Waals surface area contributed by atoms with Gasteiger partial charge in [-0.1, -0.05) is 35.3 Å². The number of rotatable bonds is 7. The minimum Gasteiger partial charge on any atom is -0.318 e. The Hall–Kier alpha value is -2.21. The normalized spacial score (nSPS) is 11.3. The first-order valence-electron chi connectivity index (χ1n) is 9.86. The standard InChI is InChI=1S/C24H25Cl2N3OS/c1-15-8-16(2)10-20(9-15)29-17(3)11-19(18(29)4)12-27-28-24(30)14-31-13-21-22(25)6-5-7-23(21)26/h5-12H,13-14H2,1-4H3,(H,28,30)/b27-12-. The summed E-state index contributed by atoms with van der Waals surface area (Å²) in [7, 11) is 0. The molecule has 1 amide bonds. The van der Waals surface area contributed by atoms with Gasteiger partial charge in [0, 0.05) is 38.4 Å². The molecule has 0 atom stereocenters. The number of halogens is 2. The van der Waals surface area contributed by atoms with E-state index < -0.39 is 0 Å². The summed E-state index contributed by atoms with van der Waals surface area (Å²) in [5.41, 5.74) is 10.2. The largest absolute Gasteiger partial charge is 0.318 e. The fourth-order valence-corrected chi connectivity index (χ4v) is 5.07. The van der Waals surface area contributed by atoms with Crippen LogP contribution < -0.4 is 5.43 Å². The number of aromatic nitrogens is 1.